The summed E-state index contributed by atoms with van der Waals surface area (Å²) in [5.41, 5.74) is 0.581. The van der Waals surface area contributed by atoms with Crippen LogP contribution in [0.2, 0.25) is 0 Å². The van der Waals surface area contributed by atoms with Crippen molar-refractivity contribution in [1.29, 1.82) is 0 Å². The number of nitrogens with zero attached hydrogens (tertiary/aromatic N) is 2. The van der Waals surface area contributed by atoms with Gasteiger partial charge in [-0.2, -0.15) is 5.10 Å². The van der Waals surface area contributed by atoms with E-state index in [9.17, 15) is 9.59 Å². The van der Waals surface area contributed by atoms with Crippen LogP contribution in [0.1, 0.15) is 16.1 Å². The molecule has 0 bridgehead atoms. The van der Waals surface area contributed by atoms with E-state index in [2.05, 4.69) is 10.4 Å². The highest BCUT2D eigenvalue weighted by Crippen LogP contribution is 2.34. The Bertz CT molecular complexity index is 801. The maximum atomic E-state index is 12.2. The Labute approximate surface area is 139 Å². The van der Waals surface area contributed by atoms with E-state index in [4.69, 9.17) is 14.2 Å². The summed E-state index contributed by atoms with van der Waals surface area (Å²) in [4.78, 5) is 23.5. The molecule has 24 heavy (non-hydrogen) atoms. The van der Waals surface area contributed by atoms with Crippen molar-refractivity contribution < 1.29 is 19.0 Å². The lowest BCUT2D eigenvalue weighted by atomic mass is 10.1. The molecule has 8 heteroatoms. The van der Waals surface area contributed by atoms with Gasteiger partial charge in [-0.1, -0.05) is 0 Å². The quantitative estimate of drug-likeness (QED) is 0.838. The van der Waals surface area contributed by atoms with Crippen LogP contribution in [0.15, 0.2) is 29.1 Å². The molecule has 1 heterocycles. The van der Waals surface area contributed by atoms with Crippen LogP contribution in [0, 0.1) is 0 Å². The number of benzene rings is 1. The molecule has 0 spiro atoms. The molecule has 0 radical (unpaired) electrons. The molecule has 1 aromatic carbocycles. The molecule has 2 rings (SSSR count). The Balaban J connectivity index is 2.19. The fraction of sp³-hybridized carbons (Fsp3) is 0.312. The standard InChI is InChI=1S/C16H19N3O5/c1-19-15(20)6-5-11(18-19)16(21)17-9-10-7-13(23-3)14(24-4)8-12(10)22-2/h5-8H,9H2,1-4H3,(H,17,21). The van der Waals surface area contributed by atoms with Gasteiger partial charge in [-0.15, -0.1) is 0 Å². The van der Waals surface area contributed by atoms with Crippen LogP contribution in [-0.4, -0.2) is 37.0 Å². The zero-order valence-electron chi connectivity index (χ0n) is 14.0. The van der Waals surface area contributed by atoms with Gasteiger partial charge in [-0.05, 0) is 12.1 Å². The number of methoxy groups -OCH3 is 3. The number of amides is 1. The number of nitrogens with one attached hydrogen (secondary N) is 1. The zero-order valence-corrected chi connectivity index (χ0v) is 14.0. The van der Waals surface area contributed by atoms with Crippen molar-refractivity contribution >= 4 is 5.91 Å². The van der Waals surface area contributed by atoms with Crippen LogP contribution in [0.3, 0.4) is 0 Å². The van der Waals surface area contributed by atoms with Crippen molar-refractivity contribution in [3.63, 3.8) is 0 Å². The molecule has 8 nitrogen and oxygen atoms in total. The smallest absolute Gasteiger partial charge is 0.271 e. The fourth-order valence-corrected chi connectivity index (χ4v) is 2.12. The van der Waals surface area contributed by atoms with Crippen LogP contribution >= 0.6 is 0 Å². The van der Waals surface area contributed by atoms with Gasteiger partial charge in [0, 0.05) is 31.3 Å². The van der Waals surface area contributed by atoms with Gasteiger partial charge in [0.1, 0.15) is 11.4 Å². The van der Waals surface area contributed by atoms with Gasteiger partial charge in [-0.3, -0.25) is 9.59 Å². The van der Waals surface area contributed by atoms with Gasteiger partial charge in [0.05, 0.1) is 21.3 Å². The lowest BCUT2D eigenvalue weighted by Crippen LogP contribution is -2.28. The average Bonchev–Trinajstić information content (AvgIpc) is 2.60. The first-order chi connectivity index (χ1) is 11.5. The third kappa shape index (κ3) is 3.65. The van der Waals surface area contributed by atoms with Crippen LogP contribution in [0.25, 0.3) is 0 Å². The highest BCUT2D eigenvalue weighted by Gasteiger charge is 2.14. The Hall–Kier alpha value is -3.03. The third-order valence-corrected chi connectivity index (χ3v) is 3.42. The molecule has 0 unspecified atom stereocenters. The van der Waals surface area contributed by atoms with E-state index in [1.807, 2.05) is 0 Å². The van der Waals surface area contributed by atoms with Crippen molar-refractivity contribution in [3.05, 3.63) is 45.9 Å². The molecule has 2 aromatic rings. The van der Waals surface area contributed by atoms with E-state index < -0.39 is 5.91 Å². The SMILES string of the molecule is COc1cc(OC)c(OC)cc1CNC(=O)c1ccc(=O)n(C)n1. The molecule has 0 fully saturated rings. The van der Waals surface area contributed by atoms with Crippen molar-refractivity contribution in [3.8, 4) is 17.2 Å². The predicted molar refractivity (Wildman–Crippen MR) is 86.7 cm³/mol. The summed E-state index contributed by atoms with van der Waals surface area (Å²) in [5.74, 6) is 1.22. The average molecular weight is 333 g/mol. The summed E-state index contributed by atoms with van der Waals surface area (Å²) in [6.07, 6.45) is 0. The molecule has 0 saturated heterocycles. The van der Waals surface area contributed by atoms with E-state index in [0.29, 0.717) is 22.8 Å². The lowest BCUT2D eigenvalue weighted by molar-refractivity contribution is 0.0943. The number of hydrogen-bond donors (Lipinski definition) is 1. The monoisotopic (exact) mass is 333 g/mol. The van der Waals surface area contributed by atoms with Crippen molar-refractivity contribution in [2.45, 2.75) is 6.54 Å². The first-order valence-corrected chi connectivity index (χ1v) is 7.11. The van der Waals surface area contributed by atoms with Gasteiger partial charge in [0.25, 0.3) is 11.5 Å². The Kier molecular flexibility index (Phi) is 5.41. The molecule has 1 aromatic heterocycles. The molecule has 0 aliphatic heterocycles. The van der Waals surface area contributed by atoms with Crippen molar-refractivity contribution in [1.82, 2.24) is 15.1 Å². The van der Waals surface area contributed by atoms with Crippen LogP contribution in [0.4, 0.5) is 0 Å². The molecule has 128 valence electrons. The number of rotatable bonds is 6. The minimum absolute atomic E-state index is 0.150. The van der Waals surface area contributed by atoms with Crippen molar-refractivity contribution in [2.75, 3.05) is 21.3 Å². The topological polar surface area (TPSA) is 91.7 Å². The molecule has 0 saturated carbocycles. The maximum absolute atomic E-state index is 12.2. The van der Waals surface area contributed by atoms with Gasteiger partial charge in [-0.25, -0.2) is 4.68 Å². The van der Waals surface area contributed by atoms with Crippen LogP contribution in [0.5, 0.6) is 17.2 Å². The van der Waals surface area contributed by atoms with E-state index in [0.717, 1.165) is 4.68 Å². The second-order valence-electron chi connectivity index (χ2n) is 4.88. The van der Waals surface area contributed by atoms with Gasteiger partial charge in [0.2, 0.25) is 0 Å². The van der Waals surface area contributed by atoms with E-state index in [1.165, 1.54) is 40.5 Å². The molecule has 0 aliphatic carbocycles. The molecule has 1 amide bonds. The molecular formula is C16H19N3O5. The number of carbonyl (C=O) groups is 1. The van der Waals surface area contributed by atoms with Crippen molar-refractivity contribution in [2.24, 2.45) is 7.05 Å². The molecule has 0 atom stereocenters. The number of carbonyl (C=O) groups excluding carboxylic acids is 1. The Morgan fingerprint density at radius 1 is 1.08 bits per heavy atom. The Morgan fingerprint density at radius 3 is 2.29 bits per heavy atom. The largest absolute Gasteiger partial charge is 0.496 e. The van der Waals surface area contributed by atoms with E-state index in [1.54, 1.807) is 12.1 Å². The Morgan fingerprint density at radius 2 is 1.71 bits per heavy atom. The molecular weight excluding hydrogens is 314 g/mol. The first kappa shape index (κ1) is 17.3. The minimum Gasteiger partial charge on any atom is -0.496 e. The molecule has 1 N–H and O–H groups in total. The summed E-state index contributed by atoms with van der Waals surface area (Å²) < 4.78 is 16.9. The second kappa shape index (κ2) is 7.49. The summed E-state index contributed by atoms with van der Waals surface area (Å²) in [6, 6.07) is 6.08. The summed E-state index contributed by atoms with van der Waals surface area (Å²) >= 11 is 0. The maximum Gasteiger partial charge on any atom is 0.271 e. The molecule has 0 aliphatic rings. The van der Waals surface area contributed by atoms with Gasteiger partial charge >= 0.3 is 0 Å². The minimum atomic E-state index is -0.401. The van der Waals surface area contributed by atoms with Crippen LogP contribution < -0.4 is 25.1 Å². The van der Waals surface area contributed by atoms with E-state index in [-0.39, 0.29) is 17.8 Å². The number of ether oxygens (including phenoxy) is 3. The van der Waals surface area contributed by atoms with E-state index >= 15 is 0 Å². The van der Waals surface area contributed by atoms with Gasteiger partial charge < -0.3 is 19.5 Å². The zero-order chi connectivity index (χ0) is 17.7. The summed E-state index contributed by atoms with van der Waals surface area (Å²) in [7, 11) is 6.07. The second-order valence-corrected chi connectivity index (χ2v) is 4.88. The number of aromatic nitrogens is 2. The number of aryl methyl sites for hydroxylation is 1. The summed E-state index contributed by atoms with van der Waals surface area (Å²) in [6.45, 7) is 0.201. The third-order valence-electron chi connectivity index (χ3n) is 3.42. The van der Waals surface area contributed by atoms with Gasteiger partial charge in [0.15, 0.2) is 11.5 Å². The highest BCUT2D eigenvalue weighted by molar-refractivity contribution is 5.92. The highest BCUT2D eigenvalue weighted by atomic mass is 16.5. The fourth-order valence-electron chi connectivity index (χ4n) is 2.12. The lowest BCUT2D eigenvalue weighted by Gasteiger charge is -2.14. The first-order valence-electron chi connectivity index (χ1n) is 7.11. The van der Waals surface area contributed by atoms with Crippen LogP contribution in [-0.2, 0) is 13.6 Å². The normalized spacial score (nSPS) is 10.2. The number of hydrogen-bond acceptors (Lipinski definition) is 6. The summed E-state index contributed by atoms with van der Waals surface area (Å²) in [5, 5.41) is 6.64. The predicted octanol–water partition coefficient (Wildman–Crippen LogP) is 0.736.